The summed E-state index contributed by atoms with van der Waals surface area (Å²) in [6.07, 6.45) is 20.5. The second-order valence-electron chi connectivity index (χ2n) is 10.3. The quantitative estimate of drug-likeness (QED) is 0.290. The van der Waals surface area contributed by atoms with Gasteiger partial charge in [-0.25, -0.2) is 0 Å². The lowest BCUT2D eigenvalue weighted by Crippen LogP contribution is -2.30. The zero-order chi connectivity index (χ0) is 20.1. The van der Waals surface area contributed by atoms with Crippen molar-refractivity contribution in [1.82, 2.24) is 0 Å². The van der Waals surface area contributed by atoms with Gasteiger partial charge in [-0.15, -0.1) is 0 Å². The lowest BCUT2D eigenvalue weighted by atomic mass is 9.65. The summed E-state index contributed by atoms with van der Waals surface area (Å²) >= 11 is 0. The first-order chi connectivity index (χ1) is 12.8. The van der Waals surface area contributed by atoms with Gasteiger partial charge in [0.2, 0.25) is 0 Å². The third kappa shape index (κ3) is 11.2. The molecule has 0 amide bonds. The first-order valence-corrected chi connectivity index (χ1v) is 12.1. The topological polar surface area (TPSA) is 37.3 Å². The van der Waals surface area contributed by atoms with Crippen molar-refractivity contribution in [3.8, 4) is 0 Å². The fourth-order valence-electron chi connectivity index (χ4n) is 4.91. The summed E-state index contributed by atoms with van der Waals surface area (Å²) in [6, 6.07) is 0. The minimum atomic E-state index is -0.564. The van der Waals surface area contributed by atoms with Crippen LogP contribution in [0, 0.1) is 23.2 Å². The van der Waals surface area contributed by atoms with Gasteiger partial charge >= 0.3 is 5.97 Å². The van der Waals surface area contributed by atoms with Crippen molar-refractivity contribution >= 4 is 5.97 Å². The Bertz CT molecular complexity index is 356. The van der Waals surface area contributed by atoms with E-state index in [4.69, 9.17) is 0 Å². The van der Waals surface area contributed by atoms with Crippen molar-refractivity contribution < 1.29 is 9.90 Å². The molecule has 0 aromatic heterocycles. The third-order valence-corrected chi connectivity index (χ3v) is 6.87. The number of hydrogen-bond donors (Lipinski definition) is 1. The second kappa shape index (κ2) is 13.6. The Hall–Kier alpha value is -0.530. The first-order valence-electron chi connectivity index (χ1n) is 12.1. The maximum Gasteiger partial charge on any atom is 0.306 e. The van der Waals surface area contributed by atoms with Gasteiger partial charge in [0, 0.05) is 0 Å². The number of carboxylic acids is 1. The summed E-state index contributed by atoms with van der Waals surface area (Å²) in [4.78, 5) is 11.3. The molecule has 1 aliphatic rings. The molecule has 1 aliphatic carbocycles. The van der Waals surface area contributed by atoms with E-state index in [0.29, 0.717) is 5.41 Å². The first kappa shape index (κ1) is 24.5. The molecule has 1 rings (SSSR count). The molecule has 0 radical (unpaired) electrons. The Balaban J connectivity index is 2.35. The number of rotatable bonds is 15. The standard InChI is InChI=1S/C25H48O2/c1-21(2)13-9-5-7-11-17-25(18-12-8-6-10-14-22(3)4)19-15-23(16-20-25)24(26)27/h21-23H,5-20H2,1-4H3,(H,26,27). The van der Waals surface area contributed by atoms with Gasteiger partial charge in [-0.1, -0.05) is 91.9 Å². The van der Waals surface area contributed by atoms with Crippen LogP contribution in [0.1, 0.15) is 130 Å². The molecular weight excluding hydrogens is 332 g/mol. The summed E-state index contributed by atoms with van der Waals surface area (Å²) < 4.78 is 0. The molecule has 0 saturated heterocycles. The van der Waals surface area contributed by atoms with E-state index >= 15 is 0 Å². The van der Waals surface area contributed by atoms with Crippen molar-refractivity contribution in [2.45, 2.75) is 130 Å². The summed E-state index contributed by atoms with van der Waals surface area (Å²) in [7, 11) is 0. The largest absolute Gasteiger partial charge is 0.481 e. The summed E-state index contributed by atoms with van der Waals surface area (Å²) in [5.74, 6) is 1.03. The van der Waals surface area contributed by atoms with E-state index in [1.54, 1.807) is 0 Å². The Morgan fingerprint density at radius 1 is 0.778 bits per heavy atom. The molecule has 0 aromatic rings. The maximum atomic E-state index is 11.3. The van der Waals surface area contributed by atoms with Gasteiger partial charge in [0.15, 0.2) is 0 Å². The highest BCUT2D eigenvalue weighted by atomic mass is 16.4. The minimum absolute atomic E-state index is 0.0739. The third-order valence-electron chi connectivity index (χ3n) is 6.87. The van der Waals surface area contributed by atoms with Crippen LogP contribution in [0.3, 0.4) is 0 Å². The Morgan fingerprint density at radius 3 is 1.56 bits per heavy atom. The van der Waals surface area contributed by atoms with Crippen LogP contribution in [0.15, 0.2) is 0 Å². The molecule has 1 fully saturated rings. The Kier molecular flexibility index (Phi) is 12.4. The van der Waals surface area contributed by atoms with Crippen LogP contribution in [0.25, 0.3) is 0 Å². The van der Waals surface area contributed by atoms with Crippen LogP contribution < -0.4 is 0 Å². The van der Waals surface area contributed by atoms with E-state index < -0.39 is 5.97 Å². The predicted molar refractivity (Wildman–Crippen MR) is 117 cm³/mol. The molecule has 0 spiro atoms. The van der Waals surface area contributed by atoms with E-state index in [1.165, 1.54) is 77.0 Å². The molecule has 2 heteroatoms. The van der Waals surface area contributed by atoms with Gasteiger partial charge < -0.3 is 5.11 Å². The lowest BCUT2D eigenvalue weighted by Gasteiger charge is -2.40. The van der Waals surface area contributed by atoms with E-state index in [9.17, 15) is 9.90 Å². The highest BCUT2D eigenvalue weighted by Crippen LogP contribution is 2.46. The smallest absolute Gasteiger partial charge is 0.306 e. The van der Waals surface area contributed by atoms with Crippen molar-refractivity contribution in [3.63, 3.8) is 0 Å². The Morgan fingerprint density at radius 2 is 1.19 bits per heavy atom. The van der Waals surface area contributed by atoms with Crippen LogP contribution in [-0.2, 0) is 4.79 Å². The molecule has 160 valence electrons. The zero-order valence-corrected chi connectivity index (χ0v) is 18.9. The molecule has 27 heavy (non-hydrogen) atoms. The highest BCUT2D eigenvalue weighted by Gasteiger charge is 2.36. The van der Waals surface area contributed by atoms with Crippen molar-refractivity contribution in [2.75, 3.05) is 0 Å². The van der Waals surface area contributed by atoms with Gasteiger partial charge in [0.25, 0.3) is 0 Å². The zero-order valence-electron chi connectivity index (χ0n) is 18.9. The fourth-order valence-corrected chi connectivity index (χ4v) is 4.91. The molecule has 0 aliphatic heterocycles. The number of hydrogen-bond acceptors (Lipinski definition) is 1. The number of aliphatic carboxylic acids is 1. The van der Waals surface area contributed by atoms with Crippen molar-refractivity contribution in [2.24, 2.45) is 23.2 Å². The lowest BCUT2D eigenvalue weighted by molar-refractivity contribution is -0.143. The maximum absolute atomic E-state index is 11.3. The molecule has 0 atom stereocenters. The summed E-state index contributed by atoms with van der Waals surface area (Å²) in [5.41, 5.74) is 0.460. The number of carboxylic acid groups (broad SMARTS) is 1. The monoisotopic (exact) mass is 380 g/mol. The summed E-state index contributed by atoms with van der Waals surface area (Å²) in [6.45, 7) is 9.27. The van der Waals surface area contributed by atoms with Crippen LogP contribution in [0.5, 0.6) is 0 Å². The number of unbranched alkanes of at least 4 members (excludes halogenated alkanes) is 6. The average molecular weight is 381 g/mol. The number of carbonyl (C=O) groups is 1. The van der Waals surface area contributed by atoms with Gasteiger partial charge in [-0.3, -0.25) is 4.79 Å². The molecule has 0 aromatic carbocycles. The predicted octanol–water partition coefficient (Wildman–Crippen LogP) is 8.24. The van der Waals surface area contributed by atoms with Crippen LogP contribution in [0.2, 0.25) is 0 Å². The van der Waals surface area contributed by atoms with Crippen LogP contribution in [-0.4, -0.2) is 11.1 Å². The van der Waals surface area contributed by atoms with E-state index in [1.807, 2.05) is 0 Å². The SMILES string of the molecule is CC(C)CCCCCCC1(CCCCCCC(C)C)CCC(C(=O)O)CC1. The normalized spacial score (nSPS) is 17.7. The second-order valence-corrected chi connectivity index (χ2v) is 10.3. The molecule has 0 heterocycles. The molecule has 1 N–H and O–H groups in total. The molecule has 0 bridgehead atoms. The fraction of sp³-hybridized carbons (Fsp3) is 0.960. The molecule has 0 unspecified atom stereocenters. The van der Waals surface area contributed by atoms with Crippen molar-refractivity contribution in [3.05, 3.63) is 0 Å². The van der Waals surface area contributed by atoms with E-state index in [2.05, 4.69) is 27.7 Å². The Labute approximate surface area is 169 Å². The summed E-state index contributed by atoms with van der Waals surface area (Å²) in [5, 5.41) is 9.34. The van der Waals surface area contributed by atoms with Crippen LogP contribution in [0.4, 0.5) is 0 Å². The molecule has 2 nitrogen and oxygen atoms in total. The van der Waals surface area contributed by atoms with E-state index in [0.717, 1.165) is 37.5 Å². The van der Waals surface area contributed by atoms with E-state index in [-0.39, 0.29) is 5.92 Å². The average Bonchev–Trinajstić information content (AvgIpc) is 2.61. The molecular formula is C25H48O2. The van der Waals surface area contributed by atoms with Gasteiger partial charge in [-0.2, -0.15) is 0 Å². The van der Waals surface area contributed by atoms with Gasteiger partial charge in [-0.05, 0) is 55.8 Å². The molecule has 1 saturated carbocycles. The highest BCUT2D eigenvalue weighted by molar-refractivity contribution is 5.70. The van der Waals surface area contributed by atoms with Gasteiger partial charge in [0.05, 0.1) is 5.92 Å². The van der Waals surface area contributed by atoms with Crippen molar-refractivity contribution in [1.29, 1.82) is 0 Å². The van der Waals surface area contributed by atoms with Gasteiger partial charge in [0.1, 0.15) is 0 Å². The van der Waals surface area contributed by atoms with Crippen LogP contribution >= 0.6 is 0 Å². The minimum Gasteiger partial charge on any atom is -0.481 e.